The fourth-order valence-electron chi connectivity index (χ4n) is 1.12. The summed E-state index contributed by atoms with van der Waals surface area (Å²) in [4.78, 5) is 11.7. The molecule has 0 heterocycles. The summed E-state index contributed by atoms with van der Waals surface area (Å²) < 4.78 is 13.8. The van der Waals surface area contributed by atoms with Crippen molar-refractivity contribution in [2.75, 3.05) is 12.4 Å². The minimum atomic E-state index is -0.537. The molecule has 0 radical (unpaired) electrons. The first-order chi connectivity index (χ1) is 7.56. The molecule has 0 bridgehead atoms. The van der Waals surface area contributed by atoms with E-state index in [9.17, 15) is 9.18 Å². The second-order valence-electron chi connectivity index (χ2n) is 3.57. The van der Waals surface area contributed by atoms with Crippen LogP contribution in [0.2, 0.25) is 0 Å². The van der Waals surface area contributed by atoms with E-state index in [4.69, 9.17) is 11.6 Å². The molecule has 0 fully saturated rings. The van der Waals surface area contributed by atoms with E-state index in [0.717, 1.165) is 0 Å². The number of carbonyl (C=O) groups excluding carboxylic acids is 1. The largest absolute Gasteiger partial charge is 0.352 e. The smallest absolute Gasteiger partial charge is 0.255 e. The Labute approximate surface area is 107 Å². The number of alkyl halides is 1. The highest BCUT2D eigenvalue weighted by atomic mass is 79.9. The van der Waals surface area contributed by atoms with E-state index < -0.39 is 11.7 Å². The van der Waals surface area contributed by atoms with Crippen molar-refractivity contribution in [1.82, 2.24) is 5.32 Å². The van der Waals surface area contributed by atoms with Crippen LogP contribution in [0.5, 0.6) is 0 Å². The summed E-state index contributed by atoms with van der Waals surface area (Å²) in [7, 11) is 0. The summed E-state index contributed by atoms with van der Waals surface area (Å²) in [6.45, 7) is 2.34. The average molecular weight is 309 g/mol. The molecule has 1 unspecified atom stereocenters. The van der Waals surface area contributed by atoms with Gasteiger partial charge in [-0.05, 0) is 34.0 Å². The summed E-state index contributed by atoms with van der Waals surface area (Å²) in [6, 6.07) is 4.42. The molecule has 2 nitrogen and oxygen atoms in total. The Morgan fingerprint density at radius 2 is 2.31 bits per heavy atom. The van der Waals surface area contributed by atoms with E-state index >= 15 is 0 Å². The van der Waals surface area contributed by atoms with E-state index in [0.29, 0.717) is 16.9 Å². The molecule has 1 aromatic rings. The molecule has 1 atom stereocenters. The Morgan fingerprint density at radius 3 is 2.88 bits per heavy atom. The summed E-state index contributed by atoms with van der Waals surface area (Å²) in [5.74, 6) is -0.345. The van der Waals surface area contributed by atoms with Gasteiger partial charge < -0.3 is 5.32 Å². The second kappa shape index (κ2) is 6.21. The maximum Gasteiger partial charge on any atom is 0.255 e. The number of hydrogen-bond acceptors (Lipinski definition) is 1. The third kappa shape index (κ3) is 3.46. The Bertz CT molecular complexity index is 366. The van der Waals surface area contributed by atoms with Crippen LogP contribution in [0, 0.1) is 11.7 Å². The Hall–Kier alpha value is -0.610. The number of carbonyl (C=O) groups is 1. The number of amides is 1. The number of hydrogen-bond donors (Lipinski definition) is 1. The number of benzene rings is 1. The van der Waals surface area contributed by atoms with Gasteiger partial charge in [0.25, 0.3) is 5.91 Å². The van der Waals surface area contributed by atoms with Gasteiger partial charge in [0.05, 0.1) is 5.56 Å². The summed E-state index contributed by atoms with van der Waals surface area (Å²) in [6.07, 6.45) is 0. The van der Waals surface area contributed by atoms with E-state index in [-0.39, 0.29) is 11.5 Å². The lowest BCUT2D eigenvalue weighted by atomic mass is 10.1. The van der Waals surface area contributed by atoms with Crippen LogP contribution in [0.3, 0.4) is 0 Å². The maximum absolute atomic E-state index is 13.4. The fraction of sp³-hybridized carbons (Fsp3) is 0.364. The van der Waals surface area contributed by atoms with Gasteiger partial charge in [-0.3, -0.25) is 4.79 Å². The molecule has 1 amide bonds. The third-order valence-corrected chi connectivity index (χ3v) is 3.25. The van der Waals surface area contributed by atoms with Crippen molar-refractivity contribution in [2.24, 2.45) is 5.92 Å². The molecule has 0 aliphatic heterocycles. The normalized spacial score (nSPS) is 12.2. The zero-order valence-electron chi connectivity index (χ0n) is 8.77. The molecule has 0 spiro atoms. The predicted molar refractivity (Wildman–Crippen MR) is 66.3 cm³/mol. The highest BCUT2D eigenvalue weighted by Gasteiger charge is 2.15. The standard InChI is InChI=1S/C11H12BrClFNO/c1-7(5-13)6-15-11(16)10-8(12)3-2-4-9(10)14/h2-4,7H,5-6H2,1H3,(H,15,16). The van der Waals surface area contributed by atoms with Gasteiger partial charge in [0.1, 0.15) is 5.82 Å². The second-order valence-corrected chi connectivity index (χ2v) is 4.73. The molecule has 0 aromatic heterocycles. The van der Waals surface area contributed by atoms with Gasteiger partial charge in [-0.1, -0.05) is 13.0 Å². The van der Waals surface area contributed by atoms with Crippen molar-refractivity contribution in [3.63, 3.8) is 0 Å². The molecule has 1 rings (SSSR count). The van der Waals surface area contributed by atoms with Crippen LogP contribution in [-0.4, -0.2) is 18.3 Å². The van der Waals surface area contributed by atoms with Crippen molar-refractivity contribution < 1.29 is 9.18 Å². The van der Waals surface area contributed by atoms with Gasteiger partial charge in [-0.15, -0.1) is 11.6 Å². The lowest BCUT2D eigenvalue weighted by Gasteiger charge is -2.10. The van der Waals surface area contributed by atoms with Crippen LogP contribution in [0.1, 0.15) is 17.3 Å². The number of nitrogens with one attached hydrogen (secondary N) is 1. The number of halogens is 3. The van der Waals surface area contributed by atoms with Crippen LogP contribution < -0.4 is 5.32 Å². The third-order valence-electron chi connectivity index (χ3n) is 2.06. The van der Waals surface area contributed by atoms with Crippen LogP contribution in [0.4, 0.5) is 4.39 Å². The summed E-state index contributed by atoms with van der Waals surface area (Å²) in [5.41, 5.74) is 0.0317. The van der Waals surface area contributed by atoms with Crippen LogP contribution >= 0.6 is 27.5 Å². The van der Waals surface area contributed by atoms with Crippen molar-refractivity contribution in [2.45, 2.75) is 6.92 Å². The van der Waals surface area contributed by atoms with Gasteiger partial charge in [0.2, 0.25) is 0 Å². The van der Waals surface area contributed by atoms with Crippen molar-refractivity contribution in [1.29, 1.82) is 0 Å². The lowest BCUT2D eigenvalue weighted by molar-refractivity contribution is 0.0944. The van der Waals surface area contributed by atoms with Crippen molar-refractivity contribution in [3.05, 3.63) is 34.1 Å². The molecular formula is C11H12BrClFNO. The molecule has 0 saturated carbocycles. The summed E-state index contributed by atoms with van der Waals surface area (Å²) in [5, 5.41) is 2.64. The van der Waals surface area contributed by atoms with E-state index in [2.05, 4.69) is 21.2 Å². The van der Waals surface area contributed by atoms with E-state index in [1.165, 1.54) is 12.1 Å². The first-order valence-electron chi connectivity index (χ1n) is 4.84. The molecular weight excluding hydrogens is 296 g/mol. The SMILES string of the molecule is CC(CCl)CNC(=O)c1c(F)cccc1Br. The highest BCUT2D eigenvalue weighted by molar-refractivity contribution is 9.10. The number of rotatable bonds is 4. The first kappa shape index (κ1) is 13.5. The molecule has 5 heteroatoms. The van der Waals surface area contributed by atoms with Crippen molar-refractivity contribution >= 4 is 33.4 Å². The Morgan fingerprint density at radius 1 is 1.62 bits per heavy atom. The maximum atomic E-state index is 13.4. The minimum Gasteiger partial charge on any atom is -0.352 e. The predicted octanol–water partition coefficient (Wildman–Crippen LogP) is 3.19. The van der Waals surface area contributed by atoms with Gasteiger partial charge in [-0.2, -0.15) is 0 Å². The monoisotopic (exact) mass is 307 g/mol. The fourth-order valence-corrected chi connectivity index (χ4v) is 1.76. The molecule has 0 saturated heterocycles. The molecule has 88 valence electrons. The molecule has 0 aliphatic carbocycles. The van der Waals surface area contributed by atoms with E-state index in [1.807, 2.05) is 6.92 Å². The molecule has 16 heavy (non-hydrogen) atoms. The quantitative estimate of drug-likeness (QED) is 0.850. The highest BCUT2D eigenvalue weighted by Crippen LogP contribution is 2.19. The van der Waals surface area contributed by atoms with Gasteiger partial charge in [0.15, 0.2) is 0 Å². The molecule has 0 aliphatic rings. The Balaban J connectivity index is 2.73. The van der Waals surface area contributed by atoms with Gasteiger partial charge in [-0.25, -0.2) is 4.39 Å². The Kier molecular flexibility index (Phi) is 5.22. The zero-order valence-corrected chi connectivity index (χ0v) is 11.1. The van der Waals surface area contributed by atoms with Crippen LogP contribution in [-0.2, 0) is 0 Å². The van der Waals surface area contributed by atoms with E-state index in [1.54, 1.807) is 6.07 Å². The molecule has 1 N–H and O–H groups in total. The van der Waals surface area contributed by atoms with Gasteiger partial charge >= 0.3 is 0 Å². The van der Waals surface area contributed by atoms with Crippen molar-refractivity contribution in [3.8, 4) is 0 Å². The zero-order chi connectivity index (χ0) is 12.1. The summed E-state index contributed by atoms with van der Waals surface area (Å²) >= 11 is 8.75. The van der Waals surface area contributed by atoms with Gasteiger partial charge in [0, 0.05) is 16.9 Å². The topological polar surface area (TPSA) is 29.1 Å². The minimum absolute atomic E-state index is 0.0317. The lowest BCUT2D eigenvalue weighted by Crippen LogP contribution is -2.29. The first-order valence-corrected chi connectivity index (χ1v) is 6.17. The average Bonchev–Trinajstić information content (AvgIpc) is 2.25. The van der Waals surface area contributed by atoms with Crippen LogP contribution in [0.25, 0.3) is 0 Å². The molecule has 1 aromatic carbocycles. The van der Waals surface area contributed by atoms with Crippen LogP contribution in [0.15, 0.2) is 22.7 Å².